The monoisotopic (exact) mass is 279 g/mol. The number of likely N-dealkylation sites (tertiary alicyclic amines) is 1. The van der Waals surface area contributed by atoms with Crippen molar-refractivity contribution in [1.29, 1.82) is 0 Å². The second-order valence-corrected chi connectivity index (χ2v) is 6.09. The lowest BCUT2D eigenvalue weighted by atomic mass is 9.82. The quantitative estimate of drug-likeness (QED) is 0.829. The van der Waals surface area contributed by atoms with Crippen LogP contribution in [0.25, 0.3) is 0 Å². The highest BCUT2D eigenvalue weighted by Crippen LogP contribution is 2.33. The molecular weight excluding hydrogens is 262 g/mol. The Hall–Kier alpha value is -1.30. The normalized spacial score (nSPS) is 27.8. The summed E-state index contributed by atoms with van der Waals surface area (Å²) in [5.74, 6) is 0.398. The van der Waals surface area contributed by atoms with Crippen LogP contribution in [-0.2, 0) is 4.79 Å². The Balaban J connectivity index is 1.77. The summed E-state index contributed by atoms with van der Waals surface area (Å²) in [6.07, 6.45) is 7.21. The van der Waals surface area contributed by atoms with Gasteiger partial charge in [0.15, 0.2) is 0 Å². The number of hydrogen-bond acceptors (Lipinski definition) is 5. The van der Waals surface area contributed by atoms with Crippen molar-refractivity contribution < 1.29 is 9.59 Å². The van der Waals surface area contributed by atoms with Crippen LogP contribution in [0.1, 0.15) is 48.2 Å². The van der Waals surface area contributed by atoms with E-state index in [4.69, 9.17) is 0 Å². The molecule has 2 fully saturated rings. The predicted octanol–water partition coefficient (Wildman–Crippen LogP) is 1.90. The fraction of sp³-hybridized carbons (Fsp3) is 0.692. The van der Waals surface area contributed by atoms with Crippen LogP contribution in [0.4, 0.5) is 0 Å². The van der Waals surface area contributed by atoms with E-state index in [9.17, 15) is 9.59 Å². The highest BCUT2D eigenvalue weighted by atomic mass is 32.1. The van der Waals surface area contributed by atoms with E-state index in [0.717, 1.165) is 50.2 Å². The van der Waals surface area contributed by atoms with Crippen LogP contribution in [0, 0.1) is 5.92 Å². The van der Waals surface area contributed by atoms with E-state index in [2.05, 4.69) is 9.59 Å². The SMILES string of the molecule is O=C1CCCCC1C1CCCN1C(=O)c1cnns1. The van der Waals surface area contributed by atoms with E-state index in [-0.39, 0.29) is 17.9 Å². The van der Waals surface area contributed by atoms with Gasteiger partial charge in [0.1, 0.15) is 10.7 Å². The van der Waals surface area contributed by atoms with Gasteiger partial charge in [-0.05, 0) is 37.2 Å². The third kappa shape index (κ3) is 2.41. The lowest BCUT2D eigenvalue weighted by Gasteiger charge is -2.32. The van der Waals surface area contributed by atoms with Crippen LogP contribution in [0.3, 0.4) is 0 Å². The third-order valence-corrected chi connectivity index (χ3v) is 4.85. The molecule has 6 heteroatoms. The van der Waals surface area contributed by atoms with Gasteiger partial charge in [-0.1, -0.05) is 10.9 Å². The molecule has 19 heavy (non-hydrogen) atoms. The van der Waals surface area contributed by atoms with Gasteiger partial charge in [0.05, 0.1) is 6.20 Å². The minimum absolute atomic E-state index is 0.00382. The molecule has 0 N–H and O–H groups in total. The van der Waals surface area contributed by atoms with E-state index >= 15 is 0 Å². The average Bonchev–Trinajstić information content (AvgIpc) is 3.10. The molecule has 0 bridgehead atoms. The number of carbonyl (C=O) groups is 2. The molecule has 2 atom stereocenters. The van der Waals surface area contributed by atoms with E-state index in [0.29, 0.717) is 17.1 Å². The minimum Gasteiger partial charge on any atom is -0.334 e. The van der Waals surface area contributed by atoms with Gasteiger partial charge in [0.25, 0.3) is 5.91 Å². The van der Waals surface area contributed by atoms with Crippen LogP contribution in [0.2, 0.25) is 0 Å². The first-order valence-electron chi connectivity index (χ1n) is 6.88. The summed E-state index contributed by atoms with van der Waals surface area (Å²) in [6.45, 7) is 0.755. The Bertz CT molecular complexity index is 474. The van der Waals surface area contributed by atoms with Crippen LogP contribution < -0.4 is 0 Å². The smallest absolute Gasteiger partial charge is 0.267 e. The molecule has 3 rings (SSSR count). The first-order valence-corrected chi connectivity index (χ1v) is 7.66. The maximum atomic E-state index is 12.4. The standard InChI is InChI=1S/C13H17N3O2S/c17-11-6-2-1-4-9(11)10-5-3-7-16(10)13(18)12-8-14-15-19-12/h8-10H,1-7H2. The molecule has 2 heterocycles. The predicted molar refractivity (Wildman–Crippen MR) is 70.9 cm³/mol. The Labute approximate surface area is 116 Å². The molecule has 102 valence electrons. The fourth-order valence-corrected chi connectivity index (χ4v) is 3.75. The number of aromatic nitrogens is 2. The zero-order valence-electron chi connectivity index (χ0n) is 10.7. The van der Waals surface area contributed by atoms with Crippen LogP contribution in [0.5, 0.6) is 0 Å². The van der Waals surface area contributed by atoms with Gasteiger partial charge in [-0.3, -0.25) is 9.59 Å². The highest BCUT2D eigenvalue weighted by molar-refractivity contribution is 7.07. The third-order valence-electron chi connectivity index (χ3n) is 4.20. The molecule has 0 aromatic carbocycles. The molecular formula is C13H17N3O2S. The molecule has 5 nitrogen and oxygen atoms in total. The van der Waals surface area contributed by atoms with Crippen molar-refractivity contribution in [2.24, 2.45) is 5.92 Å². The van der Waals surface area contributed by atoms with Gasteiger partial charge in [-0.2, -0.15) is 0 Å². The molecule has 0 radical (unpaired) electrons. The summed E-state index contributed by atoms with van der Waals surface area (Å²) in [5, 5.41) is 3.72. The average molecular weight is 279 g/mol. The highest BCUT2D eigenvalue weighted by Gasteiger charge is 2.39. The summed E-state index contributed by atoms with van der Waals surface area (Å²) in [4.78, 5) is 26.9. The first kappa shape index (κ1) is 12.7. The minimum atomic E-state index is -0.00382. The molecule has 1 amide bonds. The van der Waals surface area contributed by atoms with E-state index in [1.165, 1.54) is 6.20 Å². The Morgan fingerprint density at radius 3 is 2.95 bits per heavy atom. The van der Waals surface area contributed by atoms with E-state index in [1.54, 1.807) is 0 Å². The second-order valence-electron chi connectivity index (χ2n) is 5.31. The molecule has 1 saturated carbocycles. The molecule has 1 aromatic heterocycles. The van der Waals surface area contributed by atoms with Gasteiger partial charge in [0, 0.05) is 24.9 Å². The Kier molecular flexibility index (Phi) is 3.59. The lowest BCUT2D eigenvalue weighted by Crippen LogP contribution is -2.43. The van der Waals surface area contributed by atoms with Gasteiger partial charge >= 0.3 is 0 Å². The molecule has 0 spiro atoms. The zero-order chi connectivity index (χ0) is 13.2. The molecule has 1 aromatic rings. The molecule has 1 aliphatic carbocycles. The number of nitrogens with zero attached hydrogens (tertiary/aromatic N) is 3. The number of carbonyl (C=O) groups excluding carboxylic acids is 2. The Morgan fingerprint density at radius 2 is 2.21 bits per heavy atom. The zero-order valence-corrected chi connectivity index (χ0v) is 11.6. The number of hydrogen-bond donors (Lipinski definition) is 0. The summed E-state index contributed by atoms with van der Waals surface area (Å²) in [6, 6.07) is 0.0994. The van der Waals surface area contributed by atoms with Crippen molar-refractivity contribution >= 4 is 23.2 Å². The van der Waals surface area contributed by atoms with Crippen molar-refractivity contribution in [3.8, 4) is 0 Å². The number of rotatable bonds is 2. The van der Waals surface area contributed by atoms with Crippen LogP contribution in [0.15, 0.2) is 6.20 Å². The van der Waals surface area contributed by atoms with Crippen molar-refractivity contribution in [2.45, 2.75) is 44.6 Å². The number of amides is 1. The van der Waals surface area contributed by atoms with E-state index < -0.39 is 0 Å². The van der Waals surface area contributed by atoms with Crippen LogP contribution in [-0.4, -0.2) is 38.8 Å². The van der Waals surface area contributed by atoms with Crippen molar-refractivity contribution in [3.05, 3.63) is 11.1 Å². The first-order chi connectivity index (χ1) is 9.27. The van der Waals surface area contributed by atoms with Gasteiger partial charge in [-0.15, -0.1) is 5.10 Å². The van der Waals surface area contributed by atoms with Crippen molar-refractivity contribution in [1.82, 2.24) is 14.5 Å². The summed E-state index contributed by atoms with van der Waals surface area (Å²) >= 11 is 1.13. The maximum Gasteiger partial charge on any atom is 0.267 e. The van der Waals surface area contributed by atoms with Gasteiger partial charge in [0.2, 0.25) is 0 Å². The van der Waals surface area contributed by atoms with Crippen LogP contribution >= 0.6 is 11.5 Å². The molecule has 2 unspecified atom stereocenters. The maximum absolute atomic E-state index is 12.4. The summed E-state index contributed by atoms with van der Waals surface area (Å²) in [5.41, 5.74) is 0. The van der Waals surface area contributed by atoms with Crippen molar-refractivity contribution in [2.75, 3.05) is 6.54 Å². The van der Waals surface area contributed by atoms with Crippen molar-refractivity contribution in [3.63, 3.8) is 0 Å². The van der Waals surface area contributed by atoms with Gasteiger partial charge < -0.3 is 4.90 Å². The topological polar surface area (TPSA) is 63.2 Å². The number of Topliss-reactive ketones (excluding diaryl/α,β-unsaturated/α-hetero) is 1. The summed E-state index contributed by atoms with van der Waals surface area (Å²) in [7, 11) is 0. The lowest BCUT2D eigenvalue weighted by molar-refractivity contribution is -0.126. The molecule has 1 aliphatic heterocycles. The largest absolute Gasteiger partial charge is 0.334 e. The number of ketones is 1. The van der Waals surface area contributed by atoms with Gasteiger partial charge in [-0.25, -0.2) is 0 Å². The Morgan fingerprint density at radius 1 is 1.32 bits per heavy atom. The molecule has 2 aliphatic rings. The molecule has 1 saturated heterocycles. The fourth-order valence-electron chi connectivity index (χ4n) is 3.28. The van der Waals surface area contributed by atoms with E-state index in [1.807, 2.05) is 4.90 Å². The summed E-state index contributed by atoms with van der Waals surface area (Å²) < 4.78 is 3.74. The second kappa shape index (κ2) is 5.36.